The van der Waals surface area contributed by atoms with E-state index in [1.165, 1.54) is 6.07 Å². The molecule has 1 aromatic carbocycles. The van der Waals surface area contributed by atoms with E-state index in [9.17, 15) is 34.2 Å². The van der Waals surface area contributed by atoms with Gasteiger partial charge in [0.1, 0.15) is 17.3 Å². The number of fused-ring (bicyclic) bond motifs is 3. The largest absolute Gasteiger partial charge is 0.507 e. The van der Waals surface area contributed by atoms with Crippen molar-refractivity contribution in [2.24, 2.45) is 29.4 Å². The number of Topliss-reactive ketones (excluding diaryl/α,β-unsaturated/α-hetero) is 4. The molecule has 0 bridgehead atoms. The molecule has 4 aliphatic rings. The smallest absolute Gasteiger partial charge is 0.235 e. The molecule has 2 unspecified atom stereocenters. The summed E-state index contributed by atoms with van der Waals surface area (Å²) in [5, 5.41) is 22.0. The summed E-state index contributed by atoms with van der Waals surface area (Å²) < 4.78 is 6.12. The molecule has 6 rings (SSSR count). The van der Waals surface area contributed by atoms with Crippen molar-refractivity contribution in [3.05, 3.63) is 41.2 Å². The van der Waals surface area contributed by atoms with E-state index in [0.717, 1.165) is 31.7 Å². The molecule has 1 aliphatic heterocycles. The van der Waals surface area contributed by atoms with Crippen LogP contribution in [0.1, 0.15) is 47.4 Å². The Balaban J connectivity index is 1.37. The quantitative estimate of drug-likeness (QED) is 0.501. The van der Waals surface area contributed by atoms with Crippen LogP contribution in [0.3, 0.4) is 0 Å². The maximum Gasteiger partial charge on any atom is 0.235 e. The van der Waals surface area contributed by atoms with E-state index >= 15 is 0 Å². The van der Waals surface area contributed by atoms with Gasteiger partial charge >= 0.3 is 0 Å². The third-order valence-electron chi connectivity index (χ3n) is 8.79. The second-order valence-corrected chi connectivity index (χ2v) is 11.0. The number of carbonyl (C=O) groups excluding carboxylic acids is 5. The maximum atomic E-state index is 13.7. The molecule has 2 saturated carbocycles. The SMILES string of the molecule is NC(=O)C1C(=O)C[C@@H]2C[C@@H]3Cc4c(-c5ccc(CN6CCCC6)o5)ccc(O)c4C(=O)C3C(=O)[C@]2(O)C1=O. The van der Waals surface area contributed by atoms with E-state index in [2.05, 4.69) is 4.90 Å². The van der Waals surface area contributed by atoms with Crippen molar-refractivity contribution in [2.45, 2.75) is 44.2 Å². The minimum absolute atomic E-state index is 0.0394. The average Bonchev–Trinajstić information content (AvgIpc) is 3.54. The highest BCUT2D eigenvalue weighted by molar-refractivity contribution is 6.31. The van der Waals surface area contributed by atoms with Crippen molar-refractivity contribution in [3.63, 3.8) is 0 Å². The molecule has 38 heavy (non-hydrogen) atoms. The molecule has 3 fully saturated rings. The number of hydrogen-bond donors (Lipinski definition) is 3. The predicted molar refractivity (Wildman–Crippen MR) is 131 cm³/mol. The molecule has 1 aromatic heterocycles. The lowest BCUT2D eigenvalue weighted by Gasteiger charge is -2.48. The highest BCUT2D eigenvalue weighted by atomic mass is 16.3. The lowest BCUT2D eigenvalue weighted by Crippen LogP contribution is -2.68. The second-order valence-electron chi connectivity index (χ2n) is 11.0. The molecular formula is C28H28N2O8. The average molecular weight is 521 g/mol. The van der Waals surface area contributed by atoms with Gasteiger partial charge in [0.15, 0.2) is 34.7 Å². The van der Waals surface area contributed by atoms with Crippen LogP contribution in [0.15, 0.2) is 28.7 Å². The van der Waals surface area contributed by atoms with Crippen LogP contribution in [-0.4, -0.2) is 62.8 Å². The Morgan fingerprint density at radius 3 is 2.50 bits per heavy atom. The third-order valence-corrected chi connectivity index (χ3v) is 8.79. The van der Waals surface area contributed by atoms with Gasteiger partial charge in [-0.1, -0.05) is 0 Å². The first kappa shape index (κ1) is 24.7. The Morgan fingerprint density at radius 2 is 1.79 bits per heavy atom. The van der Waals surface area contributed by atoms with Crippen molar-refractivity contribution < 1.29 is 38.6 Å². The number of phenolic OH excluding ortho intramolecular Hbond substituents is 1. The minimum Gasteiger partial charge on any atom is -0.507 e. The topological polar surface area (TPSA) is 168 Å². The zero-order valence-corrected chi connectivity index (χ0v) is 20.6. The fraction of sp³-hybridized carbons (Fsp3) is 0.464. The van der Waals surface area contributed by atoms with Crippen LogP contribution in [0.2, 0.25) is 0 Å². The number of nitrogens with two attached hydrogens (primary N) is 1. The molecule has 4 N–H and O–H groups in total. The fourth-order valence-corrected chi connectivity index (χ4v) is 6.97. The van der Waals surface area contributed by atoms with Crippen molar-refractivity contribution >= 4 is 29.0 Å². The van der Waals surface area contributed by atoms with Gasteiger partial charge in [-0.3, -0.25) is 28.9 Å². The van der Waals surface area contributed by atoms with Crippen molar-refractivity contribution in [3.8, 4) is 17.1 Å². The Labute approximate surface area is 217 Å². The third kappa shape index (κ3) is 3.50. The summed E-state index contributed by atoms with van der Waals surface area (Å²) in [5.41, 5.74) is 3.68. The van der Waals surface area contributed by atoms with Gasteiger partial charge in [-0.05, 0) is 74.5 Å². The number of carbonyl (C=O) groups is 5. The summed E-state index contributed by atoms with van der Waals surface area (Å²) in [5.74, 6) is -8.91. The number of phenols is 1. The molecule has 3 aliphatic carbocycles. The number of aromatic hydroxyl groups is 1. The van der Waals surface area contributed by atoms with E-state index in [1.807, 2.05) is 12.1 Å². The Morgan fingerprint density at radius 1 is 1.05 bits per heavy atom. The zero-order valence-electron chi connectivity index (χ0n) is 20.6. The Kier molecular flexibility index (Phi) is 5.66. The van der Waals surface area contributed by atoms with Gasteiger partial charge in [0.05, 0.1) is 18.0 Å². The molecule has 5 atom stereocenters. The van der Waals surface area contributed by atoms with Gasteiger partial charge in [0, 0.05) is 17.9 Å². The number of hydrogen-bond acceptors (Lipinski definition) is 9. The lowest BCUT2D eigenvalue weighted by molar-refractivity contribution is -0.175. The van der Waals surface area contributed by atoms with Gasteiger partial charge in [-0.2, -0.15) is 0 Å². The fourth-order valence-electron chi connectivity index (χ4n) is 6.97. The molecular weight excluding hydrogens is 492 g/mol. The Hall–Kier alpha value is -3.63. The predicted octanol–water partition coefficient (Wildman–Crippen LogP) is 1.18. The number of nitrogens with zero attached hydrogens (tertiary/aromatic N) is 1. The van der Waals surface area contributed by atoms with E-state index < -0.39 is 58.3 Å². The van der Waals surface area contributed by atoms with Gasteiger partial charge in [0.2, 0.25) is 5.91 Å². The number of amides is 1. The van der Waals surface area contributed by atoms with Gasteiger partial charge < -0.3 is 20.4 Å². The van der Waals surface area contributed by atoms with Crippen LogP contribution in [0.25, 0.3) is 11.3 Å². The molecule has 198 valence electrons. The van der Waals surface area contributed by atoms with Crippen LogP contribution < -0.4 is 5.73 Å². The number of aliphatic hydroxyl groups is 1. The normalized spacial score (nSPS) is 31.2. The van der Waals surface area contributed by atoms with Crippen molar-refractivity contribution in [2.75, 3.05) is 13.1 Å². The number of likely N-dealkylation sites (tertiary alicyclic amines) is 1. The van der Waals surface area contributed by atoms with Crippen LogP contribution in [0.5, 0.6) is 5.75 Å². The molecule has 2 heterocycles. The van der Waals surface area contributed by atoms with Gasteiger partial charge in [-0.25, -0.2) is 0 Å². The summed E-state index contributed by atoms with van der Waals surface area (Å²) in [6, 6.07) is 6.75. The van der Waals surface area contributed by atoms with Crippen LogP contribution >= 0.6 is 0 Å². The first-order valence-electron chi connectivity index (χ1n) is 12.9. The van der Waals surface area contributed by atoms with Gasteiger partial charge in [0.25, 0.3) is 0 Å². The van der Waals surface area contributed by atoms with Crippen LogP contribution in [0, 0.1) is 23.7 Å². The summed E-state index contributed by atoms with van der Waals surface area (Å²) in [6.07, 6.45) is 2.20. The molecule has 0 spiro atoms. The molecule has 0 radical (unpaired) electrons. The minimum atomic E-state index is -2.65. The summed E-state index contributed by atoms with van der Waals surface area (Å²) in [7, 11) is 0. The maximum absolute atomic E-state index is 13.7. The van der Waals surface area contributed by atoms with Crippen molar-refractivity contribution in [1.82, 2.24) is 4.90 Å². The lowest BCUT2D eigenvalue weighted by atomic mass is 9.53. The molecule has 10 heteroatoms. The summed E-state index contributed by atoms with van der Waals surface area (Å²) >= 11 is 0. The van der Waals surface area contributed by atoms with E-state index in [0.29, 0.717) is 23.4 Å². The number of primary amides is 1. The molecule has 1 amide bonds. The van der Waals surface area contributed by atoms with E-state index in [1.54, 1.807) is 6.07 Å². The number of rotatable bonds is 4. The molecule has 1 saturated heterocycles. The number of ketones is 4. The first-order chi connectivity index (χ1) is 18.1. The zero-order chi connectivity index (χ0) is 26.9. The van der Waals surface area contributed by atoms with Gasteiger partial charge in [-0.15, -0.1) is 0 Å². The van der Waals surface area contributed by atoms with Crippen LogP contribution in [0.4, 0.5) is 0 Å². The molecule has 2 aromatic rings. The number of benzene rings is 1. The van der Waals surface area contributed by atoms with Crippen molar-refractivity contribution in [1.29, 1.82) is 0 Å². The van der Waals surface area contributed by atoms with E-state index in [4.69, 9.17) is 10.2 Å². The number of furan rings is 1. The standard InChI is InChI=1S/C28H28N2O8/c29-27(36)23-19(32)11-14-9-13-10-17-16(20-6-3-15(38-20)12-30-7-1-2-8-30)4-5-18(31)22(17)24(33)21(13)25(34)28(14,37)26(23)35/h3-6,13-14,21,23,31,37H,1-2,7-12H2,(H2,29,36)/t13-,14+,21?,23?,28+/m1/s1. The molecule has 10 nitrogen and oxygen atoms in total. The monoisotopic (exact) mass is 520 g/mol. The summed E-state index contributed by atoms with van der Waals surface area (Å²) in [6.45, 7) is 2.69. The van der Waals surface area contributed by atoms with E-state index in [-0.39, 0.29) is 30.6 Å². The second kappa shape index (κ2) is 8.71. The Bertz CT molecular complexity index is 1400. The highest BCUT2D eigenvalue weighted by Gasteiger charge is 2.66. The van der Waals surface area contributed by atoms with Crippen LogP contribution in [-0.2, 0) is 32.1 Å². The summed E-state index contributed by atoms with van der Waals surface area (Å²) in [4.78, 5) is 66.9. The first-order valence-corrected chi connectivity index (χ1v) is 12.9. The highest BCUT2D eigenvalue weighted by Crippen LogP contribution is 2.51.